The fraction of sp³-hybridized carbons (Fsp3) is 0.417. The molecular weight excluding hydrogens is 465 g/mol. The first-order valence-corrected chi connectivity index (χ1v) is 13.1. The van der Waals surface area contributed by atoms with Gasteiger partial charge in [0.15, 0.2) is 5.13 Å². The molecule has 0 aliphatic rings. The first kappa shape index (κ1) is 25.0. The van der Waals surface area contributed by atoms with Crippen LogP contribution in [-0.2, 0) is 4.79 Å². The zero-order valence-electron chi connectivity index (χ0n) is 18.7. The molecule has 8 heteroatoms. The minimum absolute atomic E-state index is 0.0830. The predicted octanol–water partition coefficient (Wildman–Crippen LogP) is 6.64. The molecule has 0 aliphatic heterocycles. The Bertz CT molecular complexity index is 1040. The highest BCUT2D eigenvalue weighted by Gasteiger charge is 2.21. The van der Waals surface area contributed by atoms with Crippen molar-refractivity contribution in [3.63, 3.8) is 0 Å². The van der Waals surface area contributed by atoms with E-state index in [1.807, 2.05) is 24.0 Å². The van der Waals surface area contributed by atoms with Crippen LogP contribution in [0.3, 0.4) is 0 Å². The van der Waals surface area contributed by atoms with Crippen LogP contribution < -0.4 is 4.90 Å². The molecule has 0 unspecified atom stereocenters. The van der Waals surface area contributed by atoms with E-state index in [-0.39, 0.29) is 11.7 Å². The van der Waals surface area contributed by atoms with Crippen molar-refractivity contribution in [3.05, 3.63) is 52.8 Å². The van der Waals surface area contributed by atoms with Gasteiger partial charge in [0.2, 0.25) is 5.91 Å². The van der Waals surface area contributed by atoms with Crippen LogP contribution in [0.15, 0.2) is 41.3 Å². The number of thioether (sulfide) groups is 1. The average Bonchev–Trinajstić information content (AvgIpc) is 3.19. The predicted molar refractivity (Wildman–Crippen MR) is 136 cm³/mol. The summed E-state index contributed by atoms with van der Waals surface area (Å²) in [6, 6.07) is 10.3. The lowest BCUT2D eigenvalue weighted by molar-refractivity contribution is -0.118. The zero-order valence-corrected chi connectivity index (χ0v) is 21.1. The van der Waals surface area contributed by atoms with Crippen molar-refractivity contribution in [2.24, 2.45) is 0 Å². The van der Waals surface area contributed by atoms with Gasteiger partial charge in [-0.15, -0.1) is 11.8 Å². The maximum Gasteiger partial charge on any atom is 0.228 e. The smallest absolute Gasteiger partial charge is 0.228 e. The van der Waals surface area contributed by atoms with Gasteiger partial charge in [-0.3, -0.25) is 9.69 Å². The van der Waals surface area contributed by atoms with Gasteiger partial charge in [-0.2, -0.15) is 0 Å². The van der Waals surface area contributed by atoms with Crippen LogP contribution in [0.25, 0.3) is 10.2 Å². The zero-order chi connectivity index (χ0) is 23.1. The molecule has 0 saturated heterocycles. The number of anilines is 1. The number of rotatable bonds is 11. The Hall–Kier alpha value is -1.67. The van der Waals surface area contributed by atoms with Crippen molar-refractivity contribution < 1.29 is 9.18 Å². The van der Waals surface area contributed by atoms with Crippen LogP contribution in [-0.4, -0.2) is 47.7 Å². The molecule has 0 bridgehead atoms. The third kappa shape index (κ3) is 6.67. The van der Waals surface area contributed by atoms with Crippen LogP contribution in [0.5, 0.6) is 0 Å². The molecule has 0 spiro atoms. The summed E-state index contributed by atoms with van der Waals surface area (Å²) in [5.41, 5.74) is 1.92. The highest BCUT2D eigenvalue weighted by atomic mass is 35.5. The summed E-state index contributed by atoms with van der Waals surface area (Å²) in [5.74, 6) is 0.649. The fourth-order valence-electron chi connectivity index (χ4n) is 3.45. The molecular formula is C24H29ClFN3OS2. The van der Waals surface area contributed by atoms with Crippen molar-refractivity contribution in [3.8, 4) is 0 Å². The molecule has 1 heterocycles. The van der Waals surface area contributed by atoms with Gasteiger partial charge in [0.25, 0.3) is 0 Å². The maximum atomic E-state index is 13.2. The van der Waals surface area contributed by atoms with Crippen molar-refractivity contribution in [2.45, 2.75) is 38.5 Å². The summed E-state index contributed by atoms with van der Waals surface area (Å²) in [7, 11) is 0. The summed E-state index contributed by atoms with van der Waals surface area (Å²) < 4.78 is 14.1. The number of carbonyl (C=O) groups is 1. The van der Waals surface area contributed by atoms with Gasteiger partial charge >= 0.3 is 0 Å². The SMILES string of the molecule is CCN(CC)CCN(C(=O)CCCSc1ccc(F)cc1)c1nc2c(C)cc(Cl)cc2s1. The molecule has 172 valence electrons. The molecule has 0 aliphatic carbocycles. The van der Waals surface area contributed by atoms with Crippen LogP contribution in [0, 0.1) is 12.7 Å². The van der Waals surface area contributed by atoms with Gasteiger partial charge in [-0.1, -0.05) is 36.8 Å². The van der Waals surface area contributed by atoms with Crippen LogP contribution >= 0.6 is 34.7 Å². The topological polar surface area (TPSA) is 36.4 Å². The number of carbonyl (C=O) groups excluding carboxylic acids is 1. The van der Waals surface area contributed by atoms with E-state index in [1.165, 1.54) is 23.5 Å². The summed E-state index contributed by atoms with van der Waals surface area (Å²) in [6.07, 6.45) is 1.19. The molecule has 0 radical (unpaired) electrons. The molecule has 0 N–H and O–H groups in total. The van der Waals surface area contributed by atoms with Crippen LogP contribution in [0.1, 0.15) is 32.3 Å². The summed E-state index contributed by atoms with van der Waals surface area (Å²) in [6.45, 7) is 9.56. The largest absolute Gasteiger partial charge is 0.302 e. The number of hydrogen-bond donors (Lipinski definition) is 0. The summed E-state index contributed by atoms with van der Waals surface area (Å²) in [4.78, 5) is 23.1. The molecule has 3 rings (SSSR count). The van der Waals surface area contributed by atoms with E-state index in [2.05, 4.69) is 18.7 Å². The minimum atomic E-state index is -0.235. The number of aryl methyl sites for hydroxylation is 1. The van der Waals surface area contributed by atoms with Crippen molar-refractivity contribution in [1.82, 2.24) is 9.88 Å². The number of likely N-dealkylation sites (N-methyl/N-ethyl adjacent to an activating group) is 1. The van der Waals surface area contributed by atoms with Gasteiger partial charge in [0.05, 0.1) is 10.2 Å². The number of amides is 1. The summed E-state index contributed by atoms with van der Waals surface area (Å²) >= 11 is 9.38. The lowest BCUT2D eigenvalue weighted by Crippen LogP contribution is -2.38. The van der Waals surface area contributed by atoms with E-state index in [0.29, 0.717) is 18.0 Å². The molecule has 32 heavy (non-hydrogen) atoms. The number of benzene rings is 2. The normalized spacial score (nSPS) is 11.4. The lowest BCUT2D eigenvalue weighted by Gasteiger charge is -2.24. The van der Waals surface area contributed by atoms with Gasteiger partial charge < -0.3 is 4.90 Å². The maximum absolute atomic E-state index is 13.2. The van der Waals surface area contributed by atoms with E-state index in [0.717, 1.165) is 57.6 Å². The minimum Gasteiger partial charge on any atom is -0.302 e. The molecule has 1 aromatic heterocycles. The summed E-state index contributed by atoms with van der Waals surface area (Å²) in [5, 5.41) is 1.41. The quantitative estimate of drug-likeness (QED) is 0.221. The molecule has 2 aromatic carbocycles. The van der Waals surface area contributed by atoms with E-state index in [9.17, 15) is 9.18 Å². The second kappa shape index (κ2) is 12.0. The third-order valence-corrected chi connectivity index (χ3v) is 7.66. The van der Waals surface area contributed by atoms with Crippen molar-refractivity contribution >= 4 is 56.0 Å². The number of hydrogen-bond acceptors (Lipinski definition) is 5. The second-order valence-corrected chi connectivity index (χ2v) is 10.2. The van der Waals surface area contributed by atoms with Crippen LogP contribution in [0.2, 0.25) is 5.02 Å². The van der Waals surface area contributed by atoms with Gasteiger partial charge in [0, 0.05) is 29.4 Å². The lowest BCUT2D eigenvalue weighted by atomic mass is 10.2. The average molecular weight is 494 g/mol. The number of thiazole rings is 1. The van der Waals surface area contributed by atoms with E-state index in [1.54, 1.807) is 23.9 Å². The first-order chi connectivity index (χ1) is 15.4. The fourth-order valence-corrected chi connectivity index (χ4v) is 5.76. The molecule has 0 saturated carbocycles. The number of nitrogens with zero attached hydrogens (tertiary/aromatic N) is 3. The number of aromatic nitrogens is 1. The molecule has 4 nitrogen and oxygen atoms in total. The monoisotopic (exact) mass is 493 g/mol. The Kier molecular flexibility index (Phi) is 9.34. The number of fused-ring (bicyclic) bond motifs is 1. The van der Waals surface area contributed by atoms with Crippen molar-refractivity contribution in [1.29, 1.82) is 0 Å². The molecule has 0 atom stereocenters. The van der Waals surface area contributed by atoms with Gasteiger partial charge in [0.1, 0.15) is 5.82 Å². The standard InChI is InChI=1S/C24H29ClFN3OS2/c1-4-28(5-2)12-13-29(24-27-23-17(3)15-18(25)16-21(23)32-24)22(30)7-6-14-31-20-10-8-19(26)9-11-20/h8-11,15-16H,4-7,12-14H2,1-3H3. The molecule has 0 fully saturated rings. The highest BCUT2D eigenvalue weighted by molar-refractivity contribution is 7.99. The first-order valence-electron chi connectivity index (χ1n) is 10.9. The molecule has 3 aromatic rings. The highest BCUT2D eigenvalue weighted by Crippen LogP contribution is 2.33. The van der Waals surface area contributed by atoms with E-state index in [4.69, 9.17) is 16.6 Å². The van der Waals surface area contributed by atoms with E-state index < -0.39 is 0 Å². The molecule has 1 amide bonds. The van der Waals surface area contributed by atoms with Crippen molar-refractivity contribution in [2.75, 3.05) is 36.8 Å². The Morgan fingerprint density at radius 2 is 1.88 bits per heavy atom. The Balaban J connectivity index is 1.69. The van der Waals surface area contributed by atoms with Gasteiger partial charge in [-0.05, 0) is 74.1 Å². The van der Waals surface area contributed by atoms with Crippen LogP contribution in [0.4, 0.5) is 9.52 Å². The second-order valence-electron chi connectivity index (χ2n) is 7.54. The van der Waals surface area contributed by atoms with E-state index >= 15 is 0 Å². The Labute approximate surface area is 202 Å². The Morgan fingerprint density at radius 1 is 1.16 bits per heavy atom. The van der Waals surface area contributed by atoms with Gasteiger partial charge in [-0.25, -0.2) is 9.37 Å². The Morgan fingerprint density at radius 3 is 2.56 bits per heavy atom. The number of halogens is 2. The third-order valence-electron chi connectivity index (χ3n) is 5.32.